The zero-order valence-corrected chi connectivity index (χ0v) is 22.2. The first kappa shape index (κ1) is 29.9. The quantitative estimate of drug-likeness (QED) is 0.347. The molecule has 3 aromatic rings. The Kier molecular flexibility index (Phi) is 8.99. The van der Waals surface area contributed by atoms with Crippen molar-refractivity contribution in [3.05, 3.63) is 95.3 Å². The van der Waals surface area contributed by atoms with Crippen LogP contribution in [-0.4, -0.2) is 63.8 Å². The van der Waals surface area contributed by atoms with Crippen LogP contribution >= 0.6 is 0 Å². The first-order valence-corrected chi connectivity index (χ1v) is 12.7. The average Bonchev–Trinajstić information content (AvgIpc) is 3.40. The molecule has 2 heterocycles. The molecule has 1 aliphatic heterocycles. The number of imide groups is 1. The van der Waals surface area contributed by atoms with Crippen LogP contribution < -0.4 is 5.32 Å². The lowest BCUT2D eigenvalue weighted by Gasteiger charge is -2.24. The van der Waals surface area contributed by atoms with Gasteiger partial charge in [0.05, 0.1) is 17.8 Å². The predicted molar refractivity (Wildman–Crippen MR) is 144 cm³/mol. The second-order valence-electron chi connectivity index (χ2n) is 9.30. The molecule has 42 heavy (non-hydrogen) atoms. The maximum absolute atomic E-state index is 13.2. The lowest BCUT2D eigenvalue weighted by molar-refractivity contribution is -0.140. The number of carboxylic acids is 1. The van der Waals surface area contributed by atoms with Gasteiger partial charge in [0.25, 0.3) is 5.91 Å². The van der Waals surface area contributed by atoms with Gasteiger partial charge in [-0.1, -0.05) is 36.4 Å². The Morgan fingerprint density at radius 1 is 1.07 bits per heavy atom. The lowest BCUT2D eigenvalue weighted by atomic mass is 9.87. The molecule has 13 heteroatoms. The number of nitrogens with zero attached hydrogens (tertiary/aromatic N) is 3. The van der Waals surface area contributed by atoms with Gasteiger partial charge in [-0.05, 0) is 42.8 Å². The first-order chi connectivity index (χ1) is 20.0. The second kappa shape index (κ2) is 12.6. The summed E-state index contributed by atoms with van der Waals surface area (Å²) < 4.78 is 44.4. The maximum Gasteiger partial charge on any atom is 0.416 e. The van der Waals surface area contributed by atoms with E-state index in [9.17, 15) is 37.5 Å². The number of hydrogen-bond acceptors (Lipinski definition) is 7. The number of pyridine rings is 1. The molecule has 218 valence electrons. The highest BCUT2D eigenvalue weighted by atomic mass is 19.4. The van der Waals surface area contributed by atoms with Gasteiger partial charge in [-0.25, -0.2) is 14.5 Å². The number of nitrogens with one attached hydrogen (secondary N) is 1. The van der Waals surface area contributed by atoms with Crippen LogP contribution in [0.25, 0.3) is 0 Å². The number of halogens is 3. The number of carbonyl (C=O) groups is 4. The van der Waals surface area contributed by atoms with E-state index < -0.39 is 54.0 Å². The van der Waals surface area contributed by atoms with Gasteiger partial charge in [0.1, 0.15) is 12.3 Å². The molecule has 1 fully saturated rings. The smallest absolute Gasteiger partial charge is 0.416 e. The lowest BCUT2D eigenvalue weighted by Crippen LogP contribution is -2.36. The number of aromatic nitrogens is 1. The summed E-state index contributed by atoms with van der Waals surface area (Å²) in [5.74, 6) is -3.98. The maximum atomic E-state index is 13.2. The van der Waals surface area contributed by atoms with E-state index in [0.29, 0.717) is 11.3 Å². The standard InChI is InChI=1S/C29H25F3N4O6/c1-17(20-6-2-3-7-22(20)35-26(38)23-8-4-5-13-33-23)34-25(27(39)40)21(16-24(37)36-14-15-42-28(36)41)18-9-11-19(12-10-18)29(30,31)32/h2-13,21,25H,14-16H2,1H3,(H,35,38)(H,39,40)/t21-,25+/m1/s1. The Labute approximate surface area is 237 Å². The van der Waals surface area contributed by atoms with Crippen molar-refractivity contribution < 1.29 is 42.2 Å². The third-order valence-electron chi connectivity index (χ3n) is 6.55. The topological polar surface area (TPSA) is 138 Å². The summed E-state index contributed by atoms with van der Waals surface area (Å²) >= 11 is 0. The Bertz CT molecular complexity index is 1510. The third-order valence-corrected chi connectivity index (χ3v) is 6.55. The van der Waals surface area contributed by atoms with Crippen molar-refractivity contribution in [1.82, 2.24) is 9.88 Å². The minimum atomic E-state index is -4.63. The summed E-state index contributed by atoms with van der Waals surface area (Å²) in [6.45, 7) is 1.43. The van der Waals surface area contributed by atoms with Gasteiger partial charge in [0.15, 0.2) is 6.04 Å². The summed E-state index contributed by atoms with van der Waals surface area (Å²) in [4.78, 5) is 59.4. The largest absolute Gasteiger partial charge is 0.480 e. The van der Waals surface area contributed by atoms with Gasteiger partial charge >= 0.3 is 18.2 Å². The number of carbonyl (C=O) groups excluding carboxylic acids is 3. The van der Waals surface area contributed by atoms with E-state index in [1.807, 2.05) is 0 Å². The summed E-state index contributed by atoms with van der Waals surface area (Å²) in [7, 11) is 0. The van der Waals surface area contributed by atoms with E-state index in [0.717, 1.165) is 29.2 Å². The molecule has 3 amide bonds. The Hall–Kier alpha value is -5.07. The van der Waals surface area contributed by atoms with E-state index >= 15 is 0 Å². The molecule has 1 saturated heterocycles. The number of ether oxygens (including phenoxy) is 1. The highest BCUT2D eigenvalue weighted by Crippen LogP contribution is 2.33. The molecular weight excluding hydrogens is 557 g/mol. The van der Waals surface area contributed by atoms with Gasteiger partial charge in [-0.15, -0.1) is 0 Å². The van der Waals surface area contributed by atoms with E-state index in [-0.39, 0.29) is 30.1 Å². The number of benzene rings is 2. The summed E-state index contributed by atoms with van der Waals surface area (Å²) in [5, 5.41) is 12.9. The number of aliphatic carboxylic acids is 1. The van der Waals surface area contributed by atoms with Gasteiger partial charge in [-0.2, -0.15) is 13.2 Å². The molecule has 0 saturated carbocycles. The minimum Gasteiger partial charge on any atom is -0.480 e. The zero-order chi connectivity index (χ0) is 30.4. The number of alkyl halides is 3. The highest BCUT2D eigenvalue weighted by molar-refractivity contribution is 6.10. The molecule has 2 N–H and O–H groups in total. The minimum absolute atomic E-state index is 0.0316. The second-order valence-corrected chi connectivity index (χ2v) is 9.30. The fourth-order valence-corrected chi connectivity index (χ4v) is 4.44. The molecular formula is C29H25F3N4O6. The summed E-state index contributed by atoms with van der Waals surface area (Å²) in [6.07, 6.45) is -4.62. The Balaban J connectivity index is 1.71. The third kappa shape index (κ3) is 6.97. The number of amides is 3. The van der Waals surface area contributed by atoms with Crippen molar-refractivity contribution in [3.8, 4) is 0 Å². The van der Waals surface area contributed by atoms with Crippen molar-refractivity contribution in [3.63, 3.8) is 0 Å². The van der Waals surface area contributed by atoms with Crippen LogP contribution in [0.5, 0.6) is 0 Å². The molecule has 0 spiro atoms. The summed E-state index contributed by atoms with van der Waals surface area (Å²) in [6, 6.07) is 13.4. The first-order valence-electron chi connectivity index (χ1n) is 12.7. The number of cyclic esters (lactones) is 1. The van der Waals surface area contributed by atoms with Crippen LogP contribution in [0.3, 0.4) is 0 Å². The van der Waals surface area contributed by atoms with Crippen molar-refractivity contribution in [1.29, 1.82) is 0 Å². The number of aliphatic imine (C=N–C) groups is 1. The van der Waals surface area contributed by atoms with Gasteiger partial charge in [-0.3, -0.25) is 19.6 Å². The number of para-hydroxylation sites is 1. The number of rotatable bonds is 9. The van der Waals surface area contributed by atoms with Gasteiger partial charge < -0.3 is 15.2 Å². The molecule has 1 aromatic heterocycles. The molecule has 2 atom stereocenters. The van der Waals surface area contributed by atoms with Gasteiger partial charge in [0, 0.05) is 29.8 Å². The molecule has 0 aliphatic carbocycles. The Morgan fingerprint density at radius 3 is 2.36 bits per heavy atom. The fourth-order valence-electron chi connectivity index (χ4n) is 4.44. The van der Waals surface area contributed by atoms with Crippen molar-refractivity contribution in [2.24, 2.45) is 4.99 Å². The van der Waals surface area contributed by atoms with Crippen molar-refractivity contribution >= 4 is 35.3 Å². The summed E-state index contributed by atoms with van der Waals surface area (Å²) in [5.41, 5.74) is 0.137. The van der Waals surface area contributed by atoms with E-state index in [4.69, 9.17) is 4.74 Å². The fraction of sp³-hybridized carbons (Fsp3) is 0.241. The van der Waals surface area contributed by atoms with E-state index in [1.165, 1.54) is 19.2 Å². The van der Waals surface area contributed by atoms with Crippen LogP contribution in [0.15, 0.2) is 77.9 Å². The van der Waals surface area contributed by atoms with Crippen LogP contribution in [0.2, 0.25) is 0 Å². The van der Waals surface area contributed by atoms with Gasteiger partial charge in [0.2, 0.25) is 5.91 Å². The predicted octanol–water partition coefficient (Wildman–Crippen LogP) is 4.77. The van der Waals surface area contributed by atoms with E-state index in [2.05, 4.69) is 15.3 Å². The number of hydrogen-bond donors (Lipinski definition) is 2. The molecule has 0 unspecified atom stereocenters. The Morgan fingerprint density at radius 2 is 1.76 bits per heavy atom. The highest BCUT2D eigenvalue weighted by Gasteiger charge is 2.37. The SMILES string of the molecule is CC(=N[C@H](C(=O)O)[C@H](CC(=O)N1CCOC1=O)c1ccc(C(F)(F)F)cc1)c1ccccc1NC(=O)c1ccccn1. The molecule has 0 bridgehead atoms. The van der Waals surface area contributed by atoms with Crippen LogP contribution in [0.1, 0.15) is 46.4 Å². The zero-order valence-electron chi connectivity index (χ0n) is 22.2. The molecule has 0 radical (unpaired) electrons. The molecule has 10 nitrogen and oxygen atoms in total. The molecule has 4 rings (SSSR count). The number of anilines is 1. The van der Waals surface area contributed by atoms with Crippen LogP contribution in [0, 0.1) is 0 Å². The van der Waals surface area contributed by atoms with Crippen molar-refractivity contribution in [2.75, 3.05) is 18.5 Å². The molecule has 1 aliphatic rings. The van der Waals surface area contributed by atoms with Crippen LogP contribution in [0.4, 0.5) is 23.7 Å². The average molecular weight is 583 g/mol. The number of carboxylic acid groups (broad SMARTS) is 1. The van der Waals surface area contributed by atoms with Crippen molar-refractivity contribution in [2.45, 2.75) is 31.5 Å². The monoisotopic (exact) mass is 582 g/mol. The van der Waals surface area contributed by atoms with E-state index in [1.54, 1.807) is 36.4 Å². The van der Waals surface area contributed by atoms with Crippen LogP contribution in [-0.2, 0) is 20.5 Å². The molecule has 2 aromatic carbocycles. The normalized spacial score (nSPS) is 15.1.